The van der Waals surface area contributed by atoms with Gasteiger partial charge in [-0.2, -0.15) is 0 Å². The third-order valence-corrected chi connectivity index (χ3v) is 6.14. The Hall–Kier alpha value is -3.01. The molecule has 0 atom stereocenters. The molecule has 0 radical (unpaired) electrons. The molecule has 1 aliphatic heterocycles. The predicted octanol–water partition coefficient (Wildman–Crippen LogP) is 6.17. The molecule has 33 heavy (non-hydrogen) atoms. The van der Waals surface area contributed by atoms with Crippen LogP contribution in [0.2, 0.25) is 0 Å². The molecule has 0 aromatic heterocycles. The smallest absolute Gasteiger partial charge is 0.119 e. The number of allylic oxidation sites excluding steroid dienone is 2. The average Bonchev–Trinajstić information content (AvgIpc) is 2.80. The van der Waals surface area contributed by atoms with Crippen molar-refractivity contribution < 1.29 is 4.74 Å². The van der Waals surface area contributed by atoms with Crippen molar-refractivity contribution in [2.75, 3.05) is 26.7 Å². The zero-order chi connectivity index (χ0) is 23.6. The molecule has 0 aliphatic carbocycles. The number of aryl methyl sites for hydroxylation is 1. The maximum absolute atomic E-state index is 5.97. The maximum atomic E-state index is 5.97. The van der Waals surface area contributed by atoms with E-state index in [4.69, 9.17) is 4.74 Å². The van der Waals surface area contributed by atoms with Crippen LogP contribution in [0.25, 0.3) is 5.70 Å². The average molecular weight is 446 g/mol. The Bertz CT molecular complexity index is 939. The molecule has 0 bridgehead atoms. The van der Waals surface area contributed by atoms with Gasteiger partial charge in [-0.05, 0) is 60.6 Å². The van der Waals surface area contributed by atoms with Gasteiger partial charge in [0.15, 0.2) is 0 Å². The lowest BCUT2D eigenvalue weighted by atomic mass is 9.95. The number of aliphatic imine (C=N–C) groups is 1. The number of hydrogen-bond donors (Lipinski definition) is 1. The first kappa shape index (κ1) is 24.6. The van der Waals surface area contributed by atoms with Gasteiger partial charge in [-0.15, -0.1) is 0 Å². The number of likely N-dealkylation sites (tertiary alicyclic amines) is 1. The van der Waals surface area contributed by atoms with Gasteiger partial charge in [-0.25, -0.2) is 0 Å². The van der Waals surface area contributed by atoms with E-state index in [9.17, 15) is 0 Å². The minimum Gasteiger partial charge on any atom is -0.494 e. The summed E-state index contributed by atoms with van der Waals surface area (Å²) in [6, 6.07) is 18.9. The number of nitrogens with one attached hydrogen (secondary N) is 1. The van der Waals surface area contributed by atoms with Crippen molar-refractivity contribution >= 4 is 11.5 Å². The van der Waals surface area contributed by atoms with Crippen LogP contribution in [0, 0.1) is 11.8 Å². The quantitative estimate of drug-likeness (QED) is 0.255. The van der Waals surface area contributed by atoms with E-state index in [0.29, 0.717) is 11.8 Å². The minimum absolute atomic E-state index is 0.415. The molecule has 3 rings (SSSR count). The van der Waals surface area contributed by atoms with E-state index < -0.39 is 0 Å². The number of rotatable bonds is 11. The van der Waals surface area contributed by atoms with E-state index >= 15 is 0 Å². The summed E-state index contributed by atoms with van der Waals surface area (Å²) < 4.78 is 5.97. The highest BCUT2D eigenvalue weighted by Gasteiger charge is 2.32. The molecule has 0 amide bonds. The fourth-order valence-corrected chi connectivity index (χ4v) is 4.02. The molecule has 1 fully saturated rings. The lowest BCUT2D eigenvalue weighted by Gasteiger charge is -2.44. The fraction of sp³-hybridized carbons (Fsp3) is 0.414. The van der Waals surface area contributed by atoms with Gasteiger partial charge in [0, 0.05) is 31.5 Å². The second kappa shape index (κ2) is 12.3. The summed E-state index contributed by atoms with van der Waals surface area (Å²) in [5, 5.41) is 3.62. The van der Waals surface area contributed by atoms with Crippen molar-refractivity contribution in [2.45, 2.75) is 40.0 Å². The SMILES string of the molecule is C=C(C(C)C)N1CC(C(=NC)N/C(=C/CC)c2ccc(OCCCc3ccccc3)cc2)C1. The van der Waals surface area contributed by atoms with Crippen molar-refractivity contribution in [3.8, 4) is 5.75 Å². The Kier molecular flexibility index (Phi) is 9.17. The number of benzene rings is 2. The highest BCUT2D eigenvalue weighted by atomic mass is 16.5. The molecule has 1 saturated heterocycles. The van der Waals surface area contributed by atoms with E-state index in [-0.39, 0.29) is 0 Å². The van der Waals surface area contributed by atoms with Gasteiger partial charge in [0.2, 0.25) is 0 Å². The Balaban J connectivity index is 1.52. The van der Waals surface area contributed by atoms with Crippen LogP contribution in [0.3, 0.4) is 0 Å². The zero-order valence-electron chi connectivity index (χ0n) is 20.7. The normalized spacial score (nSPS) is 14.9. The van der Waals surface area contributed by atoms with E-state index in [1.54, 1.807) is 0 Å². The lowest BCUT2D eigenvalue weighted by molar-refractivity contribution is 0.174. The van der Waals surface area contributed by atoms with E-state index in [0.717, 1.165) is 61.8 Å². The summed E-state index contributed by atoms with van der Waals surface area (Å²) in [5.41, 5.74) is 4.83. The van der Waals surface area contributed by atoms with Crippen molar-refractivity contribution in [3.63, 3.8) is 0 Å². The van der Waals surface area contributed by atoms with Crippen LogP contribution in [-0.4, -0.2) is 37.5 Å². The fourth-order valence-electron chi connectivity index (χ4n) is 4.02. The molecule has 2 aromatic rings. The van der Waals surface area contributed by atoms with Crippen LogP contribution in [0.5, 0.6) is 5.75 Å². The van der Waals surface area contributed by atoms with Gasteiger partial charge < -0.3 is 15.0 Å². The van der Waals surface area contributed by atoms with Gasteiger partial charge in [-0.3, -0.25) is 4.99 Å². The summed E-state index contributed by atoms with van der Waals surface area (Å²) in [7, 11) is 1.87. The largest absolute Gasteiger partial charge is 0.494 e. The second-order valence-electron chi connectivity index (χ2n) is 8.97. The molecule has 4 nitrogen and oxygen atoms in total. The molecule has 0 spiro atoms. The first-order valence-corrected chi connectivity index (χ1v) is 12.2. The molecular weight excluding hydrogens is 406 g/mol. The Morgan fingerprint density at radius 3 is 2.45 bits per heavy atom. The van der Waals surface area contributed by atoms with Crippen LogP contribution >= 0.6 is 0 Å². The third kappa shape index (κ3) is 6.98. The molecule has 2 aromatic carbocycles. The first-order valence-electron chi connectivity index (χ1n) is 12.2. The highest BCUT2D eigenvalue weighted by molar-refractivity contribution is 5.93. The van der Waals surface area contributed by atoms with Gasteiger partial charge in [0.1, 0.15) is 11.6 Å². The monoisotopic (exact) mass is 445 g/mol. The summed E-state index contributed by atoms with van der Waals surface area (Å²) >= 11 is 0. The zero-order valence-corrected chi connectivity index (χ0v) is 20.7. The summed E-state index contributed by atoms with van der Waals surface area (Å²) in [4.78, 5) is 6.93. The van der Waals surface area contributed by atoms with Crippen LogP contribution in [0.4, 0.5) is 0 Å². The molecule has 0 saturated carbocycles. The summed E-state index contributed by atoms with van der Waals surface area (Å²) in [5.74, 6) is 2.85. The molecule has 4 heteroatoms. The molecule has 0 unspecified atom stereocenters. The third-order valence-electron chi connectivity index (χ3n) is 6.14. The minimum atomic E-state index is 0.415. The summed E-state index contributed by atoms with van der Waals surface area (Å²) in [6.45, 7) is 13.5. The van der Waals surface area contributed by atoms with Crippen molar-refractivity contribution in [2.24, 2.45) is 16.8 Å². The Morgan fingerprint density at radius 1 is 1.15 bits per heavy atom. The number of hydrogen-bond acceptors (Lipinski definition) is 3. The molecule has 1 heterocycles. The summed E-state index contributed by atoms with van der Waals surface area (Å²) in [6.07, 6.45) is 5.23. The van der Waals surface area contributed by atoms with Crippen LogP contribution in [-0.2, 0) is 6.42 Å². The van der Waals surface area contributed by atoms with E-state index in [1.165, 1.54) is 11.3 Å². The number of nitrogens with zero attached hydrogens (tertiary/aromatic N) is 2. The molecular formula is C29H39N3O. The maximum Gasteiger partial charge on any atom is 0.119 e. The number of amidine groups is 1. The highest BCUT2D eigenvalue weighted by Crippen LogP contribution is 2.26. The van der Waals surface area contributed by atoms with Gasteiger partial charge in [0.05, 0.1) is 12.5 Å². The van der Waals surface area contributed by atoms with Crippen molar-refractivity contribution in [1.29, 1.82) is 0 Å². The standard InChI is InChI=1S/C29H39N3O/c1-6-11-28(31-29(30-5)26-20-32(21-26)23(4)22(2)3)25-15-17-27(18-16-25)33-19-10-14-24-12-8-7-9-13-24/h7-9,11-13,15-18,22,26H,4,6,10,14,19-21H2,1-3,5H3,(H,30,31)/b28-11+. The van der Waals surface area contributed by atoms with E-state index in [1.807, 2.05) is 7.05 Å². The Morgan fingerprint density at radius 2 is 1.85 bits per heavy atom. The van der Waals surface area contributed by atoms with Gasteiger partial charge in [0.25, 0.3) is 0 Å². The topological polar surface area (TPSA) is 36.9 Å². The molecule has 1 aliphatic rings. The van der Waals surface area contributed by atoms with Crippen molar-refractivity contribution in [3.05, 3.63) is 84.1 Å². The lowest BCUT2D eigenvalue weighted by Crippen LogP contribution is -2.53. The van der Waals surface area contributed by atoms with Crippen LogP contribution in [0.1, 0.15) is 44.7 Å². The van der Waals surface area contributed by atoms with Crippen LogP contribution in [0.15, 0.2) is 77.9 Å². The first-order chi connectivity index (χ1) is 16.0. The Labute approximate surface area is 200 Å². The molecule has 1 N–H and O–H groups in total. The van der Waals surface area contributed by atoms with Crippen LogP contribution < -0.4 is 10.1 Å². The molecule has 176 valence electrons. The van der Waals surface area contributed by atoms with Gasteiger partial charge in [-0.1, -0.05) is 63.8 Å². The van der Waals surface area contributed by atoms with Gasteiger partial charge >= 0.3 is 0 Å². The van der Waals surface area contributed by atoms with E-state index in [2.05, 4.69) is 103 Å². The van der Waals surface area contributed by atoms with Crippen molar-refractivity contribution in [1.82, 2.24) is 10.2 Å². The second-order valence-corrected chi connectivity index (χ2v) is 8.97. The predicted molar refractivity (Wildman–Crippen MR) is 141 cm³/mol. The number of ether oxygens (including phenoxy) is 1.